The summed E-state index contributed by atoms with van der Waals surface area (Å²) in [5.41, 5.74) is 2.84. The van der Waals surface area contributed by atoms with Crippen molar-refractivity contribution >= 4 is 5.69 Å². The Morgan fingerprint density at radius 3 is 2.46 bits per heavy atom. The van der Waals surface area contributed by atoms with Crippen LogP contribution in [0.1, 0.15) is 30.9 Å². The number of hydrogen-bond donors (Lipinski definition) is 0. The number of rotatable bonds is 3. The van der Waals surface area contributed by atoms with E-state index in [0.717, 1.165) is 5.57 Å². The van der Waals surface area contributed by atoms with Crippen LogP contribution in [0.4, 0.5) is 18.9 Å². The minimum atomic E-state index is -0.916. The van der Waals surface area contributed by atoms with Gasteiger partial charge in [0.15, 0.2) is 17.5 Å². The Balaban J connectivity index is 2.12. The van der Waals surface area contributed by atoms with Gasteiger partial charge in [-0.25, -0.2) is 13.2 Å². The first kappa shape index (κ1) is 16.4. The molecule has 0 spiro atoms. The first-order valence-corrected chi connectivity index (χ1v) is 7.68. The zero-order chi connectivity index (χ0) is 17.4. The molecule has 0 amide bonds. The molecule has 0 N–H and O–H groups in total. The maximum absolute atomic E-state index is 13.8. The molecule has 2 nitrogen and oxygen atoms in total. The molecule has 0 radical (unpaired) electrons. The average Bonchev–Trinajstić information content (AvgIpc) is 2.55. The minimum absolute atomic E-state index is 0.103. The third kappa shape index (κ3) is 2.75. The Hall–Kier alpha value is -2.43. The first-order chi connectivity index (χ1) is 11.4. The van der Waals surface area contributed by atoms with Gasteiger partial charge in [0.1, 0.15) is 5.82 Å². The summed E-state index contributed by atoms with van der Waals surface area (Å²) in [6.07, 6.45) is 0. The molecule has 0 saturated carbocycles. The number of anilines is 1. The van der Waals surface area contributed by atoms with Crippen molar-refractivity contribution in [2.45, 2.75) is 26.3 Å². The summed E-state index contributed by atoms with van der Waals surface area (Å²) in [5, 5.41) is 0. The Morgan fingerprint density at radius 1 is 1.08 bits per heavy atom. The Kier molecular flexibility index (Phi) is 4.26. The predicted octanol–water partition coefficient (Wildman–Crippen LogP) is 5.11. The van der Waals surface area contributed by atoms with Crippen molar-refractivity contribution in [1.82, 2.24) is 0 Å². The lowest BCUT2D eigenvalue weighted by atomic mass is 9.88. The number of nitrogens with zero attached hydrogens (tertiary/aromatic N) is 1. The summed E-state index contributed by atoms with van der Waals surface area (Å²) in [5.74, 6) is -1.66. The number of ether oxygens (including phenoxy) is 1. The van der Waals surface area contributed by atoms with Gasteiger partial charge in [0.25, 0.3) is 0 Å². The summed E-state index contributed by atoms with van der Waals surface area (Å²) < 4.78 is 46.5. The number of methoxy groups -OCH3 is 1. The van der Waals surface area contributed by atoms with Crippen LogP contribution in [0.25, 0.3) is 0 Å². The van der Waals surface area contributed by atoms with Crippen LogP contribution in [0.2, 0.25) is 0 Å². The van der Waals surface area contributed by atoms with E-state index >= 15 is 0 Å². The van der Waals surface area contributed by atoms with Crippen molar-refractivity contribution in [2.75, 3.05) is 12.0 Å². The largest absolute Gasteiger partial charge is 0.482 e. The van der Waals surface area contributed by atoms with E-state index in [2.05, 4.69) is 0 Å². The fourth-order valence-corrected chi connectivity index (χ4v) is 3.12. The van der Waals surface area contributed by atoms with E-state index in [1.54, 1.807) is 17.0 Å². The van der Waals surface area contributed by atoms with Crippen LogP contribution in [0.5, 0.6) is 0 Å². The van der Waals surface area contributed by atoms with Crippen LogP contribution >= 0.6 is 0 Å². The molecule has 0 aliphatic carbocycles. The second-order valence-corrected chi connectivity index (χ2v) is 5.96. The molecule has 2 aromatic rings. The molecule has 1 aliphatic heterocycles. The maximum Gasteiger partial charge on any atom is 0.193 e. The highest BCUT2D eigenvalue weighted by molar-refractivity contribution is 5.64. The molecule has 0 bridgehead atoms. The average molecular weight is 333 g/mol. The second kappa shape index (κ2) is 6.23. The number of benzene rings is 2. The molecule has 24 heavy (non-hydrogen) atoms. The van der Waals surface area contributed by atoms with E-state index < -0.39 is 11.6 Å². The monoisotopic (exact) mass is 333 g/mol. The molecule has 5 heteroatoms. The smallest absolute Gasteiger partial charge is 0.193 e. The van der Waals surface area contributed by atoms with Gasteiger partial charge in [-0.05, 0) is 41.8 Å². The van der Waals surface area contributed by atoms with Crippen LogP contribution in [0.3, 0.4) is 0 Å². The van der Waals surface area contributed by atoms with Gasteiger partial charge < -0.3 is 9.64 Å². The van der Waals surface area contributed by atoms with Gasteiger partial charge in [-0.15, -0.1) is 0 Å². The Morgan fingerprint density at radius 2 is 1.79 bits per heavy atom. The second-order valence-electron chi connectivity index (χ2n) is 5.96. The minimum Gasteiger partial charge on any atom is -0.482 e. The van der Waals surface area contributed by atoms with E-state index in [1.165, 1.54) is 31.4 Å². The van der Waals surface area contributed by atoms with Crippen molar-refractivity contribution in [3.63, 3.8) is 0 Å². The molecule has 126 valence electrons. The highest BCUT2D eigenvalue weighted by Gasteiger charge is 2.30. The van der Waals surface area contributed by atoms with E-state index in [0.29, 0.717) is 29.2 Å². The lowest BCUT2D eigenvalue weighted by Crippen LogP contribution is -2.30. The highest BCUT2D eigenvalue weighted by atomic mass is 19.2. The third-order valence-electron chi connectivity index (χ3n) is 4.48. The Labute approximate surface area is 139 Å². The standard InChI is InChI=1S/C19H18F3NO/c1-11-12(2)19(24-3)23(10-13-5-4-6-14(20)7-13)18-9-17(22)16(21)8-15(11)18/h4-9,11H,10H2,1-3H3. The van der Waals surface area contributed by atoms with Crippen LogP contribution < -0.4 is 4.90 Å². The first-order valence-electron chi connectivity index (χ1n) is 7.68. The normalized spacial score (nSPS) is 17.1. The van der Waals surface area contributed by atoms with Crippen molar-refractivity contribution in [3.05, 3.63) is 76.4 Å². The number of allylic oxidation sites excluding steroid dienone is 1. The van der Waals surface area contributed by atoms with Gasteiger partial charge in [0.2, 0.25) is 0 Å². The fourth-order valence-electron chi connectivity index (χ4n) is 3.12. The van der Waals surface area contributed by atoms with Gasteiger partial charge in [0, 0.05) is 12.0 Å². The molecule has 0 saturated heterocycles. The van der Waals surface area contributed by atoms with Crippen LogP contribution in [0.15, 0.2) is 47.9 Å². The lowest BCUT2D eigenvalue weighted by molar-refractivity contribution is 0.267. The molecule has 1 unspecified atom stereocenters. The molecule has 0 fully saturated rings. The molecular weight excluding hydrogens is 315 g/mol. The van der Waals surface area contributed by atoms with E-state index in [4.69, 9.17) is 4.74 Å². The molecule has 1 heterocycles. The van der Waals surface area contributed by atoms with Crippen LogP contribution in [0, 0.1) is 17.5 Å². The summed E-state index contributed by atoms with van der Waals surface area (Å²) >= 11 is 0. The van der Waals surface area contributed by atoms with Gasteiger partial charge >= 0.3 is 0 Å². The molecule has 1 atom stereocenters. The number of fused-ring (bicyclic) bond motifs is 1. The van der Waals surface area contributed by atoms with Gasteiger partial charge in [-0.1, -0.05) is 19.1 Å². The van der Waals surface area contributed by atoms with Gasteiger partial charge in [-0.3, -0.25) is 0 Å². The zero-order valence-electron chi connectivity index (χ0n) is 13.7. The fraction of sp³-hybridized carbons (Fsp3) is 0.263. The van der Waals surface area contributed by atoms with E-state index in [-0.39, 0.29) is 11.7 Å². The van der Waals surface area contributed by atoms with Gasteiger partial charge in [-0.2, -0.15) is 0 Å². The SMILES string of the molecule is COC1=C(C)C(C)c2cc(F)c(F)cc2N1Cc1cccc(F)c1. The van der Waals surface area contributed by atoms with Crippen molar-refractivity contribution in [3.8, 4) is 0 Å². The zero-order valence-corrected chi connectivity index (χ0v) is 13.7. The summed E-state index contributed by atoms with van der Waals surface area (Å²) in [6, 6.07) is 8.58. The molecule has 2 aromatic carbocycles. The van der Waals surface area contributed by atoms with Crippen LogP contribution in [-0.2, 0) is 11.3 Å². The summed E-state index contributed by atoms with van der Waals surface area (Å²) in [7, 11) is 1.54. The van der Waals surface area contributed by atoms with Crippen molar-refractivity contribution in [1.29, 1.82) is 0 Å². The topological polar surface area (TPSA) is 12.5 Å². The predicted molar refractivity (Wildman–Crippen MR) is 87.1 cm³/mol. The molecule has 3 rings (SSSR count). The molecular formula is C19H18F3NO. The summed E-state index contributed by atoms with van der Waals surface area (Å²) in [4.78, 5) is 1.75. The lowest BCUT2D eigenvalue weighted by Gasteiger charge is -2.36. The maximum atomic E-state index is 13.8. The summed E-state index contributed by atoms with van der Waals surface area (Å²) in [6.45, 7) is 4.11. The Bertz CT molecular complexity index is 816. The van der Waals surface area contributed by atoms with Crippen molar-refractivity contribution in [2.24, 2.45) is 0 Å². The molecule has 1 aliphatic rings. The van der Waals surface area contributed by atoms with Gasteiger partial charge in [0.05, 0.1) is 19.3 Å². The number of hydrogen-bond acceptors (Lipinski definition) is 2. The van der Waals surface area contributed by atoms with E-state index in [1.807, 2.05) is 13.8 Å². The van der Waals surface area contributed by atoms with E-state index in [9.17, 15) is 13.2 Å². The quantitative estimate of drug-likeness (QED) is 0.774. The highest BCUT2D eigenvalue weighted by Crippen LogP contribution is 2.42. The number of halogens is 3. The third-order valence-corrected chi connectivity index (χ3v) is 4.48. The van der Waals surface area contributed by atoms with Crippen LogP contribution in [-0.4, -0.2) is 7.11 Å². The van der Waals surface area contributed by atoms with Crippen molar-refractivity contribution < 1.29 is 17.9 Å². The molecule has 0 aromatic heterocycles.